The zero-order valence-electron chi connectivity index (χ0n) is 9.60. The van der Waals surface area contributed by atoms with Gasteiger partial charge in [-0.05, 0) is 31.0 Å². The summed E-state index contributed by atoms with van der Waals surface area (Å²) in [6.45, 7) is 0.720. The van der Waals surface area contributed by atoms with Gasteiger partial charge in [-0.3, -0.25) is 0 Å². The maximum absolute atomic E-state index is 13.1. The highest BCUT2D eigenvalue weighted by atomic mass is 19.1. The molecule has 0 spiro atoms. The molecule has 18 heavy (non-hydrogen) atoms. The topological polar surface area (TPSA) is 74.2 Å². The molecule has 0 radical (unpaired) electrons. The molecule has 1 atom stereocenters. The summed E-state index contributed by atoms with van der Waals surface area (Å²) in [4.78, 5) is 4.25. The van der Waals surface area contributed by atoms with Crippen molar-refractivity contribution < 1.29 is 13.7 Å². The highest BCUT2D eigenvalue weighted by Gasteiger charge is 2.23. The molecule has 6 heteroatoms. The van der Waals surface area contributed by atoms with E-state index in [0.717, 1.165) is 19.4 Å². The maximum Gasteiger partial charge on any atom is 0.258 e. The minimum Gasteiger partial charge on any atom is -0.396 e. The van der Waals surface area contributed by atoms with Gasteiger partial charge in [0.05, 0.1) is 5.69 Å². The van der Waals surface area contributed by atoms with E-state index in [0.29, 0.717) is 17.3 Å². The number of rotatable bonds is 2. The van der Waals surface area contributed by atoms with Crippen molar-refractivity contribution in [3.8, 4) is 11.5 Å². The Bertz CT molecular complexity index is 564. The fraction of sp³-hybridized carbons (Fsp3) is 0.333. The molecule has 1 aromatic carbocycles. The summed E-state index contributed by atoms with van der Waals surface area (Å²) in [5.74, 6) is 0.398. The van der Waals surface area contributed by atoms with E-state index in [1.165, 1.54) is 12.1 Å². The fourth-order valence-electron chi connectivity index (χ4n) is 1.94. The fourth-order valence-corrected chi connectivity index (χ4v) is 1.94. The molecule has 0 bridgehead atoms. The lowest BCUT2D eigenvalue weighted by Crippen LogP contribution is -1.98. The zero-order valence-corrected chi connectivity index (χ0v) is 9.60. The summed E-state index contributed by atoms with van der Waals surface area (Å²) >= 11 is 0. The van der Waals surface area contributed by atoms with Gasteiger partial charge in [0.1, 0.15) is 11.9 Å². The molecular formula is C12H12FN3O2. The van der Waals surface area contributed by atoms with Gasteiger partial charge in [0.15, 0.2) is 0 Å². The van der Waals surface area contributed by atoms with Crippen molar-refractivity contribution in [2.75, 3.05) is 12.3 Å². The van der Waals surface area contributed by atoms with Gasteiger partial charge >= 0.3 is 0 Å². The molecule has 0 saturated carbocycles. The van der Waals surface area contributed by atoms with Crippen molar-refractivity contribution in [1.82, 2.24) is 10.1 Å². The molecule has 1 aliphatic rings. The molecule has 2 aromatic rings. The predicted molar refractivity (Wildman–Crippen MR) is 62.0 cm³/mol. The number of anilines is 1. The van der Waals surface area contributed by atoms with Crippen LogP contribution in [0.2, 0.25) is 0 Å². The highest BCUT2D eigenvalue weighted by Crippen LogP contribution is 2.28. The summed E-state index contributed by atoms with van der Waals surface area (Å²) in [7, 11) is 0. The molecule has 3 rings (SSSR count). The van der Waals surface area contributed by atoms with Gasteiger partial charge in [-0.25, -0.2) is 4.39 Å². The van der Waals surface area contributed by atoms with Crippen LogP contribution in [-0.2, 0) is 4.74 Å². The standard InChI is InChI=1S/C12H12FN3O2/c13-8-4-3-7(6-9(8)14)12-15-11(16-18-12)10-2-1-5-17-10/h3-4,6,10H,1-2,5,14H2. The quantitative estimate of drug-likeness (QED) is 0.826. The molecule has 2 N–H and O–H groups in total. The van der Waals surface area contributed by atoms with E-state index in [1.807, 2.05) is 0 Å². The van der Waals surface area contributed by atoms with E-state index < -0.39 is 5.82 Å². The average molecular weight is 249 g/mol. The Morgan fingerprint density at radius 1 is 1.39 bits per heavy atom. The van der Waals surface area contributed by atoms with Crippen molar-refractivity contribution in [2.45, 2.75) is 18.9 Å². The van der Waals surface area contributed by atoms with Gasteiger partial charge in [0, 0.05) is 12.2 Å². The van der Waals surface area contributed by atoms with E-state index in [1.54, 1.807) is 6.07 Å². The van der Waals surface area contributed by atoms with E-state index >= 15 is 0 Å². The van der Waals surface area contributed by atoms with Gasteiger partial charge in [-0.2, -0.15) is 4.98 Å². The molecule has 1 unspecified atom stereocenters. The van der Waals surface area contributed by atoms with E-state index in [4.69, 9.17) is 15.0 Å². The Morgan fingerprint density at radius 2 is 2.28 bits per heavy atom. The van der Waals surface area contributed by atoms with Gasteiger partial charge in [0.25, 0.3) is 5.89 Å². The number of nitrogen functional groups attached to an aromatic ring is 1. The first-order valence-electron chi connectivity index (χ1n) is 5.74. The molecule has 1 aromatic heterocycles. The summed E-state index contributed by atoms with van der Waals surface area (Å²) in [5.41, 5.74) is 6.16. The normalized spacial score (nSPS) is 19.3. The summed E-state index contributed by atoms with van der Waals surface area (Å²) in [6.07, 6.45) is 1.79. The second-order valence-electron chi connectivity index (χ2n) is 4.20. The van der Waals surface area contributed by atoms with Crippen molar-refractivity contribution in [1.29, 1.82) is 0 Å². The Kier molecular flexibility index (Phi) is 2.71. The molecule has 5 nitrogen and oxygen atoms in total. The number of halogens is 1. The van der Waals surface area contributed by atoms with Crippen LogP contribution in [-0.4, -0.2) is 16.7 Å². The first kappa shape index (κ1) is 11.2. The number of aromatic nitrogens is 2. The third-order valence-corrected chi connectivity index (χ3v) is 2.90. The molecule has 1 saturated heterocycles. The van der Waals surface area contributed by atoms with Gasteiger partial charge in [-0.1, -0.05) is 5.16 Å². The molecule has 1 aliphatic heterocycles. The van der Waals surface area contributed by atoms with Crippen LogP contribution in [0.3, 0.4) is 0 Å². The zero-order chi connectivity index (χ0) is 12.5. The van der Waals surface area contributed by atoms with Crippen LogP contribution in [0.15, 0.2) is 22.7 Å². The molecule has 1 fully saturated rings. The average Bonchev–Trinajstić information content (AvgIpc) is 3.01. The molecular weight excluding hydrogens is 237 g/mol. The number of nitrogens with two attached hydrogens (primary N) is 1. The van der Waals surface area contributed by atoms with Crippen LogP contribution in [0.4, 0.5) is 10.1 Å². The lowest BCUT2D eigenvalue weighted by Gasteiger charge is -2.01. The lowest BCUT2D eigenvalue weighted by atomic mass is 10.2. The number of hydrogen-bond acceptors (Lipinski definition) is 5. The monoisotopic (exact) mass is 249 g/mol. The molecule has 2 heterocycles. The first-order valence-corrected chi connectivity index (χ1v) is 5.74. The smallest absolute Gasteiger partial charge is 0.258 e. The molecule has 94 valence electrons. The minimum atomic E-state index is -0.461. The third kappa shape index (κ3) is 1.95. The SMILES string of the molecule is Nc1cc(-c2nc(C3CCCO3)no2)ccc1F. The van der Waals surface area contributed by atoms with E-state index in [2.05, 4.69) is 10.1 Å². The number of benzene rings is 1. The Balaban J connectivity index is 1.89. The summed E-state index contributed by atoms with van der Waals surface area (Å²) < 4.78 is 23.7. The summed E-state index contributed by atoms with van der Waals surface area (Å²) in [6, 6.07) is 4.31. The first-order chi connectivity index (χ1) is 8.74. The number of ether oxygens (including phenoxy) is 1. The van der Waals surface area contributed by atoms with Crippen molar-refractivity contribution in [3.05, 3.63) is 29.8 Å². The van der Waals surface area contributed by atoms with Crippen LogP contribution in [0.1, 0.15) is 24.8 Å². The van der Waals surface area contributed by atoms with Gasteiger partial charge in [0.2, 0.25) is 5.82 Å². The Morgan fingerprint density at radius 3 is 3.00 bits per heavy atom. The lowest BCUT2D eigenvalue weighted by molar-refractivity contribution is 0.103. The molecule has 0 aliphatic carbocycles. The second kappa shape index (κ2) is 4.38. The Labute approximate surface area is 103 Å². The number of nitrogens with zero attached hydrogens (tertiary/aromatic N) is 2. The largest absolute Gasteiger partial charge is 0.396 e. The van der Waals surface area contributed by atoms with Crippen LogP contribution in [0, 0.1) is 5.82 Å². The molecule has 0 amide bonds. The van der Waals surface area contributed by atoms with Gasteiger partial charge < -0.3 is 15.0 Å². The summed E-state index contributed by atoms with van der Waals surface area (Å²) in [5, 5.41) is 3.88. The second-order valence-corrected chi connectivity index (χ2v) is 4.20. The van der Waals surface area contributed by atoms with E-state index in [9.17, 15) is 4.39 Å². The third-order valence-electron chi connectivity index (χ3n) is 2.90. The van der Waals surface area contributed by atoms with Crippen LogP contribution < -0.4 is 5.73 Å². The van der Waals surface area contributed by atoms with Crippen LogP contribution in [0.25, 0.3) is 11.5 Å². The van der Waals surface area contributed by atoms with Crippen LogP contribution >= 0.6 is 0 Å². The minimum absolute atomic E-state index is 0.0596. The highest BCUT2D eigenvalue weighted by molar-refractivity contribution is 5.60. The van der Waals surface area contributed by atoms with Crippen molar-refractivity contribution in [3.63, 3.8) is 0 Å². The number of hydrogen-bond donors (Lipinski definition) is 1. The van der Waals surface area contributed by atoms with Crippen molar-refractivity contribution in [2.24, 2.45) is 0 Å². The Hall–Kier alpha value is -1.95. The van der Waals surface area contributed by atoms with Crippen LogP contribution in [0.5, 0.6) is 0 Å². The van der Waals surface area contributed by atoms with Crippen molar-refractivity contribution >= 4 is 5.69 Å². The predicted octanol–water partition coefficient (Wildman–Crippen LogP) is 2.31. The maximum atomic E-state index is 13.1. The van der Waals surface area contributed by atoms with E-state index in [-0.39, 0.29) is 11.8 Å². The van der Waals surface area contributed by atoms with Gasteiger partial charge in [-0.15, -0.1) is 0 Å².